The third kappa shape index (κ3) is 1.66. The molecule has 0 unspecified atom stereocenters. The topological polar surface area (TPSA) is 30.7 Å². The van der Waals surface area contributed by atoms with Gasteiger partial charge < -0.3 is 0 Å². The average molecular weight is 214 g/mol. The van der Waals surface area contributed by atoms with E-state index >= 15 is 0 Å². The highest BCUT2D eigenvalue weighted by Gasteiger charge is 2.02. The Kier molecular flexibility index (Phi) is 2.20. The smallest absolute Gasteiger partial charge is 0.204 e. The molecule has 0 saturated carbocycles. The largest absolute Gasteiger partial charge is 0.225 e. The van der Waals surface area contributed by atoms with E-state index in [0.717, 1.165) is 5.69 Å². The molecule has 0 atom stereocenters. The second-order valence-corrected chi connectivity index (χ2v) is 3.19. The molecule has 0 aliphatic heterocycles. The van der Waals surface area contributed by atoms with E-state index in [1.165, 1.54) is 11.0 Å². The van der Waals surface area contributed by atoms with Crippen LogP contribution >= 0.6 is 23.2 Å². The average Bonchev–Trinajstić information content (AvgIpc) is 2.53. The van der Waals surface area contributed by atoms with Gasteiger partial charge in [0, 0.05) is 5.02 Å². The van der Waals surface area contributed by atoms with Crippen LogP contribution in [-0.4, -0.2) is 14.8 Å². The van der Waals surface area contributed by atoms with Crippen LogP contribution < -0.4 is 0 Å². The fourth-order valence-corrected chi connectivity index (χ4v) is 1.29. The Morgan fingerprint density at radius 2 is 1.77 bits per heavy atom. The van der Waals surface area contributed by atoms with Gasteiger partial charge in [-0.05, 0) is 35.9 Å². The highest BCUT2D eigenvalue weighted by atomic mass is 35.5. The van der Waals surface area contributed by atoms with E-state index < -0.39 is 0 Å². The van der Waals surface area contributed by atoms with E-state index in [9.17, 15) is 0 Å². The van der Waals surface area contributed by atoms with E-state index in [2.05, 4.69) is 10.1 Å². The van der Waals surface area contributed by atoms with Crippen LogP contribution in [0.2, 0.25) is 10.3 Å². The fourth-order valence-electron chi connectivity index (χ4n) is 0.983. The first kappa shape index (κ1) is 8.53. The van der Waals surface area contributed by atoms with E-state index in [1.54, 1.807) is 12.1 Å². The standard InChI is InChI=1S/C8H5Cl2N3/c9-6-1-3-7(4-2-6)13-8(10)11-5-12-13/h1-5H. The third-order valence-corrected chi connectivity index (χ3v) is 2.09. The number of rotatable bonds is 1. The van der Waals surface area contributed by atoms with Gasteiger partial charge in [-0.1, -0.05) is 11.6 Å². The molecule has 0 bridgehead atoms. The summed E-state index contributed by atoms with van der Waals surface area (Å²) in [4.78, 5) is 3.80. The zero-order valence-electron chi connectivity index (χ0n) is 6.48. The summed E-state index contributed by atoms with van der Waals surface area (Å²) >= 11 is 11.5. The molecule has 2 rings (SSSR count). The van der Waals surface area contributed by atoms with Crippen LogP contribution in [0, 0.1) is 0 Å². The van der Waals surface area contributed by atoms with Gasteiger partial charge in [-0.15, -0.1) is 0 Å². The Balaban J connectivity index is 2.47. The number of hydrogen-bond donors (Lipinski definition) is 0. The molecule has 1 heterocycles. The second-order valence-electron chi connectivity index (χ2n) is 2.42. The Morgan fingerprint density at radius 3 is 2.31 bits per heavy atom. The van der Waals surface area contributed by atoms with Crippen molar-refractivity contribution in [3.8, 4) is 5.69 Å². The molecule has 0 aliphatic carbocycles. The quantitative estimate of drug-likeness (QED) is 0.730. The molecule has 2 aromatic rings. The number of hydrogen-bond acceptors (Lipinski definition) is 2. The molecule has 13 heavy (non-hydrogen) atoms. The third-order valence-electron chi connectivity index (χ3n) is 1.58. The lowest BCUT2D eigenvalue weighted by Crippen LogP contribution is -1.95. The molecule has 1 aromatic heterocycles. The Labute approximate surface area is 84.9 Å². The van der Waals surface area contributed by atoms with E-state index in [4.69, 9.17) is 23.2 Å². The number of aromatic nitrogens is 3. The van der Waals surface area contributed by atoms with Crippen LogP contribution in [0.25, 0.3) is 5.69 Å². The fraction of sp³-hybridized carbons (Fsp3) is 0. The summed E-state index contributed by atoms with van der Waals surface area (Å²) in [6.45, 7) is 0. The lowest BCUT2D eigenvalue weighted by Gasteiger charge is -2.00. The van der Waals surface area contributed by atoms with Gasteiger partial charge in [-0.2, -0.15) is 5.10 Å². The van der Waals surface area contributed by atoms with E-state index in [-0.39, 0.29) is 0 Å². The minimum absolute atomic E-state index is 0.335. The number of benzene rings is 1. The summed E-state index contributed by atoms with van der Waals surface area (Å²) in [5.74, 6) is 0. The number of nitrogens with zero attached hydrogens (tertiary/aromatic N) is 3. The van der Waals surface area contributed by atoms with E-state index in [0.29, 0.717) is 10.3 Å². The SMILES string of the molecule is Clc1ccc(-n2ncnc2Cl)cc1. The maximum atomic E-state index is 5.77. The zero-order chi connectivity index (χ0) is 9.26. The molecule has 0 radical (unpaired) electrons. The summed E-state index contributed by atoms with van der Waals surface area (Å²) in [7, 11) is 0. The van der Waals surface area contributed by atoms with Gasteiger partial charge in [0.2, 0.25) is 5.28 Å². The minimum Gasteiger partial charge on any atom is -0.204 e. The molecule has 66 valence electrons. The van der Waals surface area contributed by atoms with Crippen LogP contribution in [0.3, 0.4) is 0 Å². The monoisotopic (exact) mass is 213 g/mol. The van der Waals surface area contributed by atoms with Crippen LogP contribution in [0.5, 0.6) is 0 Å². The maximum Gasteiger partial charge on any atom is 0.225 e. The van der Waals surface area contributed by atoms with Crippen LogP contribution in [0.1, 0.15) is 0 Å². The molecule has 3 nitrogen and oxygen atoms in total. The molecule has 0 spiro atoms. The summed E-state index contributed by atoms with van der Waals surface area (Å²) in [5.41, 5.74) is 0.840. The van der Waals surface area contributed by atoms with Gasteiger partial charge in [0.1, 0.15) is 6.33 Å². The normalized spacial score (nSPS) is 10.3. The molecule has 5 heteroatoms. The van der Waals surface area contributed by atoms with Gasteiger partial charge in [0.25, 0.3) is 0 Å². The van der Waals surface area contributed by atoms with E-state index in [1.807, 2.05) is 12.1 Å². The predicted octanol–water partition coefficient (Wildman–Crippen LogP) is 2.57. The summed E-state index contributed by atoms with van der Waals surface area (Å²) < 4.78 is 1.53. The maximum absolute atomic E-state index is 5.77. The van der Waals surface area contributed by atoms with Crippen molar-refractivity contribution in [3.63, 3.8) is 0 Å². The first-order valence-electron chi connectivity index (χ1n) is 3.59. The first-order valence-corrected chi connectivity index (χ1v) is 4.34. The molecule has 0 aliphatic rings. The van der Waals surface area contributed by atoms with Crippen molar-refractivity contribution in [2.75, 3.05) is 0 Å². The first-order chi connectivity index (χ1) is 6.27. The molecule has 0 fully saturated rings. The van der Waals surface area contributed by atoms with Crippen LogP contribution in [0.4, 0.5) is 0 Å². The molecule has 0 amide bonds. The Hall–Kier alpha value is -1.06. The van der Waals surface area contributed by atoms with Crippen molar-refractivity contribution in [3.05, 3.63) is 40.9 Å². The molecular formula is C8H5Cl2N3. The zero-order valence-corrected chi connectivity index (χ0v) is 8.00. The van der Waals surface area contributed by atoms with Crippen molar-refractivity contribution < 1.29 is 0 Å². The van der Waals surface area contributed by atoms with Crippen molar-refractivity contribution >= 4 is 23.2 Å². The van der Waals surface area contributed by atoms with Crippen molar-refractivity contribution in [1.82, 2.24) is 14.8 Å². The van der Waals surface area contributed by atoms with Gasteiger partial charge >= 0.3 is 0 Å². The van der Waals surface area contributed by atoms with Gasteiger partial charge in [-0.3, -0.25) is 0 Å². The summed E-state index contributed by atoms with van der Waals surface area (Å²) in [6.07, 6.45) is 1.40. The van der Waals surface area contributed by atoms with Gasteiger partial charge in [0.05, 0.1) is 5.69 Å². The predicted molar refractivity (Wildman–Crippen MR) is 51.4 cm³/mol. The van der Waals surface area contributed by atoms with Gasteiger partial charge in [0.15, 0.2) is 0 Å². The second kappa shape index (κ2) is 3.36. The number of halogens is 2. The van der Waals surface area contributed by atoms with Crippen LogP contribution in [0.15, 0.2) is 30.6 Å². The van der Waals surface area contributed by atoms with Crippen molar-refractivity contribution in [1.29, 1.82) is 0 Å². The Bertz CT molecular complexity index is 408. The van der Waals surface area contributed by atoms with Crippen molar-refractivity contribution in [2.24, 2.45) is 0 Å². The van der Waals surface area contributed by atoms with Gasteiger partial charge in [-0.25, -0.2) is 9.67 Å². The molecular weight excluding hydrogens is 209 g/mol. The highest BCUT2D eigenvalue weighted by molar-refractivity contribution is 6.30. The molecule has 0 saturated heterocycles. The molecule has 0 N–H and O–H groups in total. The lowest BCUT2D eigenvalue weighted by atomic mass is 10.3. The Morgan fingerprint density at radius 1 is 1.08 bits per heavy atom. The highest BCUT2D eigenvalue weighted by Crippen LogP contribution is 2.15. The summed E-state index contributed by atoms with van der Waals surface area (Å²) in [6, 6.07) is 7.19. The molecule has 1 aromatic carbocycles. The van der Waals surface area contributed by atoms with Crippen molar-refractivity contribution in [2.45, 2.75) is 0 Å². The lowest BCUT2D eigenvalue weighted by molar-refractivity contribution is 0.880. The summed E-state index contributed by atoms with van der Waals surface area (Å²) in [5, 5.41) is 4.96. The van der Waals surface area contributed by atoms with Crippen LogP contribution in [-0.2, 0) is 0 Å². The minimum atomic E-state index is 0.335.